The fourth-order valence-electron chi connectivity index (χ4n) is 2.08. The molecule has 0 spiro atoms. The van der Waals surface area contributed by atoms with Gasteiger partial charge in [-0.1, -0.05) is 6.07 Å². The molecule has 98 valence electrons. The van der Waals surface area contributed by atoms with Crippen molar-refractivity contribution >= 4 is 21.8 Å². The number of rotatable bonds is 2. The average Bonchev–Trinajstić information content (AvgIpc) is 2.34. The van der Waals surface area contributed by atoms with E-state index >= 15 is 0 Å². The first kappa shape index (κ1) is 13.5. The van der Waals surface area contributed by atoms with Gasteiger partial charge in [-0.25, -0.2) is 4.39 Å². The van der Waals surface area contributed by atoms with Crippen LogP contribution in [0.1, 0.15) is 18.4 Å². The van der Waals surface area contributed by atoms with Crippen molar-refractivity contribution < 1.29 is 9.18 Å². The molecule has 1 heterocycles. The van der Waals surface area contributed by atoms with Crippen LogP contribution in [-0.2, 0) is 11.2 Å². The Morgan fingerprint density at radius 1 is 1.44 bits per heavy atom. The van der Waals surface area contributed by atoms with Crippen LogP contribution in [0.15, 0.2) is 22.7 Å². The van der Waals surface area contributed by atoms with Crippen molar-refractivity contribution in [1.29, 1.82) is 0 Å². The molecular formula is C13H16BrFN2O. The highest BCUT2D eigenvalue weighted by Crippen LogP contribution is 2.17. The van der Waals surface area contributed by atoms with Crippen molar-refractivity contribution in [3.63, 3.8) is 0 Å². The molecule has 1 aromatic carbocycles. The summed E-state index contributed by atoms with van der Waals surface area (Å²) in [6.07, 6.45) is 1.94. The molecule has 1 saturated heterocycles. The molecule has 0 radical (unpaired) electrons. The third-order valence-electron chi connectivity index (χ3n) is 3.23. The number of benzene rings is 1. The third-order valence-corrected chi connectivity index (χ3v) is 3.87. The summed E-state index contributed by atoms with van der Waals surface area (Å²) in [6.45, 7) is 1.41. The van der Waals surface area contributed by atoms with Crippen molar-refractivity contribution in [3.8, 4) is 0 Å². The Hall–Kier alpha value is -0.940. The molecule has 0 bridgehead atoms. The predicted octanol–water partition coefficient (Wildman–Crippen LogP) is 2.08. The van der Waals surface area contributed by atoms with Crippen molar-refractivity contribution in [2.24, 2.45) is 5.73 Å². The molecule has 0 saturated carbocycles. The molecule has 0 unspecified atom stereocenters. The normalized spacial score (nSPS) is 16.9. The van der Waals surface area contributed by atoms with E-state index in [0.29, 0.717) is 23.1 Å². The summed E-state index contributed by atoms with van der Waals surface area (Å²) in [7, 11) is 0. The van der Waals surface area contributed by atoms with Gasteiger partial charge in [0.2, 0.25) is 5.91 Å². The summed E-state index contributed by atoms with van der Waals surface area (Å²) in [5.41, 5.74) is 6.50. The number of amides is 1. The van der Waals surface area contributed by atoms with E-state index in [1.807, 2.05) is 4.90 Å². The minimum atomic E-state index is -0.332. The van der Waals surface area contributed by atoms with E-state index < -0.39 is 0 Å². The van der Waals surface area contributed by atoms with E-state index in [1.165, 1.54) is 6.07 Å². The molecule has 3 nitrogen and oxygen atoms in total. The molecule has 1 aromatic rings. The van der Waals surface area contributed by atoms with E-state index in [2.05, 4.69) is 15.9 Å². The molecule has 1 aliphatic rings. The standard InChI is InChI=1S/C13H16BrFN2O/c14-11-2-1-9(7-12(11)15)8-13(18)17-5-3-10(16)4-6-17/h1-2,7,10H,3-6,8,16H2. The molecule has 1 fully saturated rings. The minimum absolute atomic E-state index is 0.0450. The Bertz CT molecular complexity index is 445. The zero-order valence-corrected chi connectivity index (χ0v) is 11.6. The van der Waals surface area contributed by atoms with Crippen LogP contribution in [-0.4, -0.2) is 29.9 Å². The number of hydrogen-bond donors (Lipinski definition) is 1. The van der Waals surface area contributed by atoms with E-state index in [4.69, 9.17) is 5.73 Å². The SMILES string of the molecule is NC1CCN(C(=O)Cc2ccc(Br)c(F)c2)CC1. The number of halogens is 2. The highest BCUT2D eigenvalue weighted by Gasteiger charge is 2.20. The van der Waals surface area contributed by atoms with Crippen LogP contribution >= 0.6 is 15.9 Å². The van der Waals surface area contributed by atoms with E-state index in [9.17, 15) is 9.18 Å². The van der Waals surface area contributed by atoms with Crippen LogP contribution < -0.4 is 5.73 Å². The summed E-state index contributed by atoms with van der Waals surface area (Å²) in [6, 6.07) is 5.00. The Labute approximate surface area is 114 Å². The molecule has 0 atom stereocenters. The Morgan fingerprint density at radius 3 is 2.72 bits per heavy atom. The lowest BCUT2D eigenvalue weighted by atomic mass is 10.0. The summed E-state index contributed by atoms with van der Waals surface area (Å²) in [4.78, 5) is 13.8. The lowest BCUT2D eigenvalue weighted by Crippen LogP contribution is -2.43. The molecule has 2 N–H and O–H groups in total. The second-order valence-corrected chi connectivity index (χ2v) is 5.50. The molecule has 2 rings (SSSR count). The number of carbonyl (C=O) groups excluding carboxylic acids is 1. The van der Waals surface area contributed by atoms with Gasteiger partial charge in [-0.2, -0.15) is 0 Å². The molecule has 0 aromatic heterocycles. The molecular weight excluding hydrogens is 299 g/mol. The molecule has 5 heteroatoms. The predicted molar refractivity (Wildman–Crippen MR) is 71.6 cm³/mol. The topological polar surface area (TPSA) is 46.3 Å². The van der Waals surface area contributed by atoms with E-state index in [-0.39, 0.29) is 24.2 Å². The first-order valence-corrected chi connectivity index (χ1v) is 6.83. The van der Waals surface area contributed by atoms with Crippen LogP contribution in [0.4, 0.5) is 4.39 Å². The number of piperidine rings is 1. The Balaban J connectivity index is 1.96. The molecule has 0 aliphatic carbocycles. The first-order chi connectivity index (χ1) is 8.56. The quantitative estimate of drug-likeness (QED) is 0.908. The first-order valence-electron chi connectivity index (χ1n) is 6.03. The smallest absolute Gasteiger partial charge is 0.226 e. The summed E-state index contributed by atoms with van der Waals surface area (Å²) >= 11 is 3.09. The fourth-order valence-corrected chi connectivity index (χ4v) is 2.33. The lowest BCUT2D eigenvalue weighted by Gasteiger charge is -2.30. The van der Waals surface area contributed by atoms with E-state index in [1.54, 1.807) is 12.1 Å². The van der Waals surface area contributed by atoms with E-state index in [0.717, 1.165) is 12.8 Å². The zero-order valence-electron chi connectivity index (χ0n) is 10.0. The third kappa shape index (κ3) is 3.29. The average molecular weight is 315 g/mol. The van der Waals surface area contributed by atoms with Crippen LogP contribution in [0.5, 0.6) is 0 Å². The van der Waals surface area contributed by atoms with Crippen molar-refractivity contribution in [2.75, 3.05) is 13.1 Å². The van der Waals surface area contributed by atoms with Gasteiger partial charge < -0.3 is 10.6 Å². The van der Waals surface area contributed by atoms with Gasteiger partial charge in [-0.05, 0) is 46.5 Å². The van der Waals surface area contributed by atoms with Gasteiger partial charge in [0.15, 0.2) is 0 Å². The minimum Gasteiger partial charge on any atom is -0.342 e. The van der Waals surface area contributed by atoms with Gasteiger partial charge >= 0.3 is 0 Å². The monoisotopic (exact) mass is 314 g/mol. The fraction of sp³-hybridized carbons (Fsp3) is 0.462. The summed E-state index contributed by atoms with van der Waals surface area (Å²) in [5, 5.41) is 0. The maximum Gasteiger partial charge on any atom is 0.226 e. The Kier molecular flexibility index (Phi) is 4.35. The van der Waals surface area contributed by atoms with Crippen LogP contribution in [0, 0.1) is 5.82 Å². The number of nitrogens with two attached hydrogens (primary N) is 1. The van der Waals surface area contributed by atoms with Gasteiger partial charge in [-0.15, -0.1) is 0 Å². The number of hydrogen-bond acceptors (Lipinski definition) is 2. The van der Waals surface area contributed by atoms with Gasteiger partial charge in [-0.3, -0.25) is 4.79 Å². The van der Waals surface area contributed by atoms with Crippen LogP contribution in [0.3, 0.4) is 0 Å². The maximum absolute atomic E-state index is 13.3. The Morgan fingerprint density at radius 2 is 2.11 bits per heavy atom. The van der Waals surface area contributed by atoms with Crippen molar-refractivity contribution in [1.82, 2.24) is 4.90 Å². The van der Waals surface area contributed by atoms with Crippen molar-refractivity contribution in [2.45, 2.75) is 25.3 Å². The van der Waals surface area contributed by atoms with Crippen LogP contribution in [0.25, 0.3) is 0 Å². The lowest BCUT2D eigenvalue weighted by molar-refractivity contribution is -0.131. The largest absolute Gasteiger partial charge is 0.342 e. The number of carbonyl (C=O) groups is 1. The second kappa shape index (κ2) is 5.80. The highest BCUT2D eigenvalue weighted by atomic mass is 79.9. The van der Waals surface area contributed by atoms with Crippen molar-refractivity contribution in [3.05, 3.63) is 34.1 Å². The number of nitrogens with zero attached hydrogens (tertiary/aromatic N) is 1. The molecule has 18 heavy (non-hydrogen) atoms. The zero-order chi connectivity index (χ0) is 13.1. The second-order valence-electron chi connectivity index (χ2n) is 4.64. The molecule has 1 amide bonds. The van der Waals surface area contributed by atoms with Gasteiger partial charge in [0, 0.05) is 19.1 Å². The number of likely N-dealkylation sites (tertiary alicyclic amines) is 1. The molecule has 1 aliphatic heterocycles. The summed E-state index contributed by atoms with van der Waals surface area (Å²) < 4.78 is 13.8. The highest BCUT2D eigenvalue weighted by molar-refractivity contribution is 9.10. The van der Waals surface area contributed by atoms with Crippen LogP contribution in [0.2, 0.25) is 0 Å². The van der Waals surface area contributed by atoms with Gasteiger partial charge in [0.1, 0.15) is 5.82 Å². The van der Waals surface area contributed by atoms with Gasteiger partial charge in [0.25, 0.3) is 0 Å². The van der Waals surface area contributed by atoms with Gasteiger partial charge in [0.05, 0.1) is 10.9 Å². The maximum atomic E-state index is 13.3. The summed E-state index contributed by atoms with van der Waals surface area (Å²) in [5.74, 6) is -0.287.